The molecule has 0 saturated carbocycles. The molecule has 0 spiro atoms. The smallest absolute Gasteiger partial charge is 0.335 e. The Bertz CT molecular complexity index is 1060. The van der Waals surface area contributed by atoms with Crippen molar-refractivity contribution in [1.29, 1.82) is 0 Å². The van der Waals surface area contributed by atoms with Gasteiger partial charge in [-0.1, -0.05) is 11.6 Å². The second-order valence-corrected chi connectivity index (χ2v) is 5.73. The summed E-state index contributed by atoms with van der Waals surface area (Å²) in [5, 5.41) is 0.00930. The van der Waals surface area contributed by atoms with Crippen molar-refractivity contribution in [3.05, 3.63) is 80.1 Å². The topological polar surface area (TPSA) is 66.1 Å². The Balaban J connectivity index is 2.19. The van der Waals surface area contributed by atoms with Gasteiger partial charge in [-0.2, -0.15) is 0 Å². The fourth-order valence-corrected chi connectivity index (χ4v) is 2.45. The third kappa shape index (κ3) is 3.18. The van der Waals surface area contributed by atoms with Crippen LogP contribution in [0.5, 0.6) is 11.5 Å². The largest absolute Gasteiger partial charge is 0.456 e. The SMILES string of the molecule is Cc1cc(=O)n(-c2cc(Oc3ccncc3)c(Cl)cc2F)c(=O)n1C. The molecule has 0 unspecified atom stereocenters. The molecule has 3 aromatic rings. The Morgan fingerprint density at radius 2 is 1.84 bits per heavy atom. The highest BCUT2D eigenvalue weighted by Gasteiger charge is 2.16. The summed E-state index contributed by atoms with van der Waals surface area (Å²) >= 11 is 6.02. The third-order valence-electron chi connectivity index (χ3n) is 3.68. The molecule has 0 radical (unpaired) electrons. The van der Waals surface area contributed by atoms with Crippen LogP contribution in [0.4, 0.5) is 4.39 Å². The van der Waals surface area contributed by atoms with Gasteiger partial charge in [-0.3, -0.25) is 9.78 Å². The number of pyridine rings is 1. The molecular weight excluding hydrogens is 349 g/mol. The van der Waals surface area contributed by atoms with Crippen LogP contribution in [0.25, 0.3) is 5.69 Å². The third-order valence-corrected chi connectivity index (χ3v) is 3.98. The van der Waals surface area contributed by atoms with Crippen LogP contribution >= 0.6 is 11.6 Å². The van der Waals surface area contributed by atoms with E-state index in [1.54, 1.807) is 19.1 Å². The highest BCUT2D eigenvalue weighted by Crippen LogP contribution is 2.32. The molecule has 0 aliphatic carbocycles. The molecule has 0 atom stereocenters. The number of hydrogen-bond acceptors (Lipinski definition) is 4. The van der Waals surface area contributed by atoms with Gasteiger partial charge >= 0.3 is 5.69 Å². The molecule has 128 valence electrons. The van der Waals surface area contributed by atoms with E-state index in [0.29, 0.717) is 11.4 Å². The standard InChI is InChI=1S/C17H13ClFN3O3/c1-10-7-16(23)22(17(24)21(10)2)14-9-15(12(18)8-13(14)19)25-11-3-5-20-6-4-11/h3-9H,1-2H3. The van der Waals surface area contributed by atoms with Gasteiger partial charge in [0.1, 0.15) is 17.3 Å². The number of nitrogens with zero attached hydrogens (tertiary/aromatic N) is 3. The zero-order valence-corrected chi connectivity index (χ0v) is 14.1. The summed E-state index contributed by atoms with van der Waals surface area (Å²) in [5.74, 6) is -0.271. The molecule has 3 rings (SSSR count). The van der Waals surface area contributed by atoms with Crippen molar-refractivity contribution >= 4 is 11.6 Å². The second-order valence-electron chi connectivity index (χ2n) is 5.32. The van der Waals surface area contributed by atoms with Crippen molar-refractivity contribution in [1.82, 2.24) is 14.1 Å². The Kier molecular flexibility index (Phi) is 4.41. The number of benzene rings is 1. The number of rotatable bonds is 3. The predicted molar refractivity (Wildman–Crippen MR) is 91.3 cm³/mol. The molecule has 0 saturated heterocycles. The van der Waals surface area contributed by atoms with Crippen LogP contribution in [0, 0.1) is 12.7 Å². The van der Waals surface area contributed by atoms with E-state index >= 15 is 0 Å². The van der Waals surface area contributed by atoms with Crippen LogP contribution in [0.2, 0.25) is 5.02 Å². The summed E-state index contributed by atoms with van der Waals surface area (Å²) in [7, 11) is 1.50. The van der Waals surface area contributed by atoms with Crippen LogP contribution in [0.3, 0.4) is 0 Å². The van der Waals surface area contributed by atoms with E-state index in [-0.39, 0.29) is 16.5 Å². The number of aryl methyl sites for hydroxylation is 1. The minimum atomic E-state index is -0.810. The van der Waals surface area contributed by atoms with Gasteiger partial charge in [0.15, 0.2) is 0 Å². The fraction of sp³-hybridized carbons (Fsp3) is 0.118. The van der Waals surface area contributed by atoms with Gasteiger partial charge in [0.25, 0.3) is 5.56 Å². The van der Waals surface area contributed by atoms with E-state index in [0.717, 1.165) is 10.6 Å². The lowest BCUT2D eigenvalue weighted by molar-refractivity contribution is 0.479. The second kappa shape index (κ2) is 6.52. The van der Waals surface area contributed by atoms with E-state index in [4.69, 9.17) is 16.3 Å². The molecule has 0 bridgehead atoms. The van der Waals surface area contributed by atoms with Crippen molar-refractivity contribution in [2.75, 3.05) is 0 Å². The maximum atomic E-state index is 14.4. The maximum Gasteiger partial charge on any atom is 0.335 e. The molecule has 0 amide bonds. The van der Waals surface area contributed by atoms with Gasteiger partial charge in [-0.25, -0.2) is 13.8 Å². The fourth-order valence-electron chi connectivity index (χ4n) is 2.26. The normalized spacial score (nSPS) is 10.7. The first-order valence-electron chi connectivity index (χ1n) is 7.25. The number of hydrogen-bond donors (Lipinski definition) is 0. The van der Waals surface area contributed by atoms with Crippen molar-refractivity contribution in [3.63, 3.8) is 0 Å². The molecule has 6 nitrogen and oxygen atoms in total. The minimum absolute atomic E-state index is 0.00930. The molecule has 25 heavy (non-hydrogen) atoms. The Labute approximate surface area is 146 Å². The summed E-state index contributed by atoms with van der Waals surface area (Å²) in [6.07, 6.45) is 3.04. The summed E-state index contributed by atoms with van der Waals surface area (Å²) in [6.45, 7) is 1.61. The highest BCUT2D eigenvalue weighted by molar-refractivity contribution is 6.32. The van der Waals surface area contributed by atoms with Crippen molar-refractivity contribution in [2.45, 2.75) is 6.92 Å². The molecular formula is C17H13ClFN3O3. The van der Waals surface area contributed by atoms with Crippen LogP contribution in [-0.4, -0.2) is 14.1 Å². The molecule has 0 fully saturated rings. The Hall–Kier alpha value is -2.93. The first-order chi connectivity index (χ1) is 11.9. The van der Waals surface area contributed by atoms with Crippen LogP contribution in [0.1, 0.15) is 5.69 Å². The van der Waals surface area contributed by atoms with E-state index in [1.807, 2.05) is 0 Å². The summed E-state index contributed by atoms with van der Waals surface area (Å²) in [4.78, 5) is 28.5. The van der Waals surface area contributed by atoms with Gasteiger partial charge in [0.05, 0.1) is 10.7 Å². The molecule has 8 heteroatoms. The lowest BCUT2D eigenvalue weighted by atomic mass is 10.2. The molecule has 0 N–H and O–H groups in total. The first-order valence-corrected chi connectivity index (χ1v) is 7.63. The summed E-state index contributed by atoms with van der Waals surface area (Å²) in [5.41, 5.74) is -1.08. The van der Waals surface area contributed by atoms with Gasteiger partial charge < -0.3 is 9.30 Å². The highest BCUT2D eigenvalue weighted by atomic mass is 35.5. The molecule has 2 aromatic heterocycles. The minimum Gasteiger partial charge on any atom is -0.456 e. The Morgan fingerprint density at radius 1 is 1.16 bits per heavy atom. The monoisotopic (exact) mass is 361 g/mol. The average molecular weight is 362 g/mol. The average Bonchev–Trinajstić information content (AvgIpc) is 2.57. The number of ether oxygens (including phenoxy) is 1. The molecule has 1 aromatic carbocycles. The first kappa shape index (κ1) is 16.9. The lowest BCUT2D eigenvalue weighted by Gasteiger charge is -2.13. The number of halogens is 2. The molecule has 0 aliphatic heterocycles. The zero-order valence-electron chi connectivity index (χ0n) is 13.4. The van der Waals surface area contributed by atoms with Gasteiger partial charge in [-0.05, 0) is 25.1 Å². The Morgan fingerprint density at radius 3 is 2.52 bits per heavy atom. The molecule has 0 aliphatic rings. The molecule has 2 heterocycles. The van der Waals surface area contributed by atoms with Gasteiger partial charge in [-0.15, -0.1) is 0 Å². The van der Waals surface area contributed by atoms with E-state index in [2.05, 4.69) is 4.98 Å². The lowest BCUT2D eigenvalue weighted by Crippen LogP contribution is -2.38. The van der Waals surface area contributed by atoms with Crippen LogP contribution in [0.15, 0.2) is 52.3 Å². The van der Waals surface area contributed by atoms with Gasteiger partial charge in [0.2, 0.25) is 0 Å². The van der Waals surface area contributed by atoms with Crippen molar-refractivity contribution in [2.24, 2.45) is 7.05 Å². The van der Waals surface area contributed by atoms with Crippen LogP contribution in [-0.2, 0) is 7.05 Å². The van der Waals surface area contributed by atoms with Crippen molar-refractivity contribution < 1.29 is 9.13 Å². The van der Waals surface area contributed by atoms with Gasteiger partial charge in [0, 0.05) is 37.3 Å². The van der Waals surface area contributed by atoms with E-state index in [1.165, 1.54) is 36.1 Å². The summed E-state index contributed by atoms with van der Waals surface area (Å²) in [6, 6.07) is 6.65. The zero-order chi connectivity index (χ0) is 18.1. The quantitative estimate of drug-likeness (QED) is 0.719. The van der Waals surface area contributed by atoms with E-state index in [9.17, 15) is 14.0 Å². The van der Waals surface area contributed by atoms with Crippen molar-refractivity contribution in [3.8, 4) is 17.2 Å². The summed E-state index contributed by atoms with van der Waals surface area (Å²) < 4.78 is 22.0. The number of aromatic nitrogens is 3. The predicted octanol–water partition coefficient (Wildman–Crippen LogP) is 2.82. The van der Waals surface area contributed by atoms with Crippen LogP contribution < -0.4 is 16.0 Å². The maximum absolute atomic E-state index is 14.4. The van der Waals surface area contributed by atoms with E-state index < -0.39 is 17.1 Å².